The van der Waals surface area contributed by atoms with Gasteiger partial charge in [-0.15, -0.1) is 0 Å². The average molecular weight is 272 g/mol. The van der Waals surface area contributed by atoms with Crippen LogP contribution in [0, 0.1) is 0 Å². The molecule has 0 aliphatic carbocycles. The van der Waals surface area contributed by atoms with Crippen LogP contribution in [0.1, 0.15) is 16.8 Å². The second-order valence-corrected chi connectivity index (χ2v) is 4.80. The zero-order valence-corrected chi connectivity index (χ0v) is 11.1. The number of fused-ring (bicyclic) bond motifs is 1. The summed E-state index contributed by atoms with van der Waals surface area (Å²) in [7, 11) is 0. The molecule has 0 saturated carbocycles. The van der Waals surface area contributed by atoms with Crippen LogP contribution in [-0.2, 0) is 4.74 Å². The van der Waals surface area contributed by atoms with E-state index in [-0.39, 0.29) is 5.56 Å². The van der Waals surface area contributed by atoms with Gasteiger partial charge in [0.05, 0.1) is 17.8 Å². The van der Waals surface area contributed by atoms with Gasteiger partial charge in [0, 0.05) is 31.3 Å². The van der Waals surface area contributed by atoms with Crippen LogP contribution in [-0.4, -0.2) is 42.4 Å². The van der Waals surface area contributed by atoms with Crippen LogP contribution in [0.2, 0.25) is 0 Å². The molecule has 1 fully saturated rings. The van der Waals surface area contributed by atoms with Crippen LogP contribution < -0.4 is 4.90 Å². The van der Waals surface area contributed by atoms with Crippen molar-refractivity contribution in [3.05, 3.63) is 36.0 Å². The minimum Gasteiger partial charge on any atom is -0.478 e. The quantitative estimate of drug-likeness (QED) is 0.907. The number of aromatic nitrogens is 1. The number of hydrogen-bond acceptors (Lipinski definition) is 4. The first kappa shape index (κ1) is 12.9. The molecule has 0 radical (unpaired) electrons. The summed E-state index contributed by atoms with van der Waals surface area (Å²) in [4.78, 5) is 17.8. The van der Waals surface area contributed by atoms with Crippen molar-refractivity contribution in [2.75, 3.05) is 31.2 Å². The molecule has 2 heterocycles. The maximum atomic E-state index is 11.5. The van der Waals surface area contributed by atoms with Crippen LogP contribution in [0.3, 0.4) is 0 Å². The van der Waals surface area contributed by atoms with Gasteiger partial charge in [-0.05, 0) is 12.5 Å². The molecule has 1 aliphatic rings. The van der Waals surface area contributed by atoms with Crippen molar-refractivity contribution in [2.24, 2.45) is 0 Å². The molecule has 1 aliphatic heterocycles. The summed E-state index contributed by atoms with van der Waals surface area (Å²) in [5.41, 5.74) is 1.83. The van der Waals surface area contributed by atoms with Gasteiger partial charge in [-0.1, -0.05) is 18.2 Å². The highest BCUT2D eigenvalue weighted by atomic mass is 16.5. The summed E-state index contributed by atoms with van der Waals surface area (Å²) >= 11 is 0. The molecular weight excluding hydrogens is 256 g/mol. The van der Waals surface area contributed by atoms with E-state index in [0.717, 1.165) is 36.2 Å². The smallest absolute Gasteiger partial charge is 0.339 e. The van der Waals surface area contributed by atoms with Crippen LogP contribution in [0.5, 0.6) is 0 Å². The SMILES string of the molecule is O=C(O)c1cnc2ccccc2c1N1CCCOCC1. The first-order valence-corrected chi connectivity index (χ1v) is 6.71. The Balaban J connectivity index is 2.18. The Kier molecular flexibility index (Phi) is 3.52. The topological polar surface area (TPSA) is 62.7 Å². The molecule has 0 bridgehead atoms. The highest BCUT2D eigenvalue weighted by Gasteiger charge is 2.20. The minimum atomic E-state index is -0.941. The molecule has 0 spiro atoms. The number of carboxylic acid groups (broad SMARTS) is 1. The van der Waals surface area contributed by atoms with E-state index in [9.17, 15) is 9.90 Å². The number of hydrogen-bond donors (Lipinski definition) is 1. The summed E-state index contributed by atoms with van der Waals surface area (Å²) in [5.74, 6) is -0.941. The van der Waals surface area contributed by atoms with Gasteiger partial charge >= 0.3 is 5.97 Å². The normalized spacial score (nSPS) is 16.1. The summed E-state index contributed by atoms with van der Waals surface area (Å²) in [5, 5.41) is 10.3. The number of carboxylic acids is 1. The van der Waals surface area contributed by atoms with E-state index < -0.39 is 5.97 Å². The summed E-state index contributed by atoms with van der Waals surface area (Å²) in [6, 6.07) is 7.65. The molecule has 2 aromatic rings. The predicted octanol–water partition coefficient (Wildman–Crippen LogP) is 2.16. The molecule has 0 unspecified atom stereocenters. The van der Waals surface area contributed by atoms with Crippen molar-refractivity contribution in [3.8, 4) is 0 Å². The number of aromatic carboxylic acids is 1. The Morgan fingerprint density at radius 3 is 2.95 bits per heavy atom. The van der Waals surface area contributed by atoms with E-state index in [4.69, 9.17) is 4.74 Å². The fraction of sp³-hybridized carbons (Fsp3) is 0.333. The molecule has 5 heteroatoms. The van der Waals surface area contributed by atoms with Crippen molar-refractivity contribution in [1.29, 1.82) is 0 Å². The number of carbonyl (C=O) groups is 1. The molecule has 0 amide bonds. The van der Waals surface area contributed by atoms with Crippen molar-refractivity contribution in [3.63, 3.8) is 0 Å². The van der Waals surface area contributed by atoms with Gasteiger partial charge in [-0.3, -0.25) is 4.98 Å². The first-order chi connectivity index (χ1) is 9.77. The lowest BCUT2D eigenvalue weighted by molar-refractivity contribution is 0.0697. The van der Waals surface area contributed by atoms with Crippen LogP contribution in [0.15, 0.2) is 30.5 Å². The van der Waals surface area contributed by atoms with E-state index in [1.807, 2.05) is 24.3 Å². The van der Waals surface area contributed by atoms with E-state index >= 15 is 0 Å². The van der Waals surface area contributed by atoms with Gasteiger partial charge in [0.15, 0.2) is 0 Å². The number of nitrogens with zero attached hydrogens (tertiary/aromatic N) is 2. The van der Waals surface area contributed by atoms with Crippen molar-refractivity contribution < 1.29 is 14.6 Å². The molecule has 104 valence electrons. The average Bonchev–Trinajstić information content (AvgIpc) is 2.74. The fourth-order valence-corrected chi connectivity index (χ4v) is 2.59. The highest BCUT2D eigenvalue weighted by molar-refractivity contribution is 6.04. The van der Waals surface area contributed by atoms with E-state index in [2.05, 4.69) is 9.88 Å². The summed E-state index contributed by atoms with van der Waals surface area (Å²) in [6.07, 6.45) is 2.35. The van der Waals surface area contributed by atoms with E-state index in [1.165, 1.54) is 6.20 Å². The molecule has 1 aromatic heterocycles. The monoisotopic (exact) mass is 272 g/mol. The fourth-order valence-electron chi connectivity index (χ4n) is 2.59. The highest BCUT2D eigenvalue weighted by Crippen LogP contribution is 2.30. The number of para-hydroxylation sites is 1. The third-order valence-electron chi connectivity index (χ3n) is 3.52. The predicted molar refractivity (Wildman–Crippen MR) is 76.4 cm³/mol. The largest absolute Gasteiger partial charge is 0.478 e. The Hall–Kier alpha value is -2.14. The van der Waals surface area contributed by atoms with Gasteiger partial charge < -0.3 is 14.7 Å². The van der Waals surface area contributed by atoms with Crippen molar-refractivity contribution in [2.45, 2.75) is 6.42 Å². The molecule has 3 rings (SSSR count). The lowest BCUT2D eigenvalue weighted by Gasteiger charge is -2.25. The third kappa shape index (κ3) is 2.32. The standard InChI is InChI=1S/C15H16N2O3/c18-15(19)12-10-16-13-5-2-1-4-11(13)14(12)17-6-3-8-20-9-7-17/h1-2,4-5,10H,3,6-9H2,(H,18,19). The van der Waals surface area contributed by atoms with E-state index in [0.29, 0.717) is 13.2 Å². The van der Waals surface area contributed by atoms with Gasteiger partial charge in [0.1, 0.15) is 5.56 Å². The molecule has 0 atom stereocenters. The second-order valence-electron chi connectivity index (χ2n) is 4.80. The Bertz CT molecular complexity index is 634. The molecular formula is C15H16N2O3. The second kappa shape index (κ2) is 5.46. The maximum absolute atomic E-state index is 11.5. The zero-order valence-electron chi connectivity index (χ0n) is 11.1. The first-order valence-electron chi connectivity index (χ1n) is 6.71. The Morgan fingerprint density at radius 1 is 1.25 bits per heavy atom. The van der Waals surface area contributed by atoms with Gasteiger partial charge in [0.25, 0.3) is 0 Å². The summed E-state index contributed by atoms with van der Waals surface area (Å²) < 4.78 is 5.45. The molecule has 5 nitrogen and oxygen atoms in total. The molecule has 1 saturated heterocycles. The van der Waals surface area contributed by atoms with Crippen LogP contribution in [0.4, 0.5) is 5.69 Å². The third-order valence-corrected chi connectivity index (χ3v) is 3.52. The number of ether oxygens (including phenoxy) is 1. The van der Waals surface area contributed by atoms with Gasteiger partial charge in [-0.2, -0.15) is 0 Å². The molecule has 1 aromatic carbocycles. The lowest BCUT2D eigenvalue weighted by Crippen LogP contribution is -2.28. The Morgan fingerprint density at radius 2 is 2.10 bits per heavy atom. The molecule has 20 heavy (non-hydrogen) atoms. The lowest BCUT2D eigenvalue weighted by atomic mass is 10.1. The van der Waals surface area contributed by atoms with Gasteiger partial charge in [-0.25, -0.2) is 4.79 Å². The van der Waals surface area contributed by atoms with Crippen LogP contribution >= 0.6 is 0 Å². The number of benzene rings is 1. The number of rotatable bonds is 2. The van der Waals surface area contributed by atoms with Crippen molar-refractivity contribution in [1.82, 2.24) is 4.98 Å². The number of anilines is 1. The Labute approximate surface area is 116 Å². The number of pyridine rings is 1. The zero-order chi connectivity index (χ0) is 13.9. The summed E-state index contributed by atoms with van der Waals surface area (Å²) in [6.45, 7) is 2.85. The maximum Gasteiger partial charge on any atom is 0.339 e. The molecule has 1 N–H and O–H groups in total. The van der Waals surface area contributed by atoms with E-state index in [1.54, 1.807) is 0 Å². The van der Waals surface area contributed by atoms with Crippen molar-refractivity contribution >= 4 is 22.6 Å². The minimum absolute atomic E-state index is 0.255. The van der Waals surface area contributed by atoms with Crippen LogP contribution in [0.25, 0.3) is 10.9 Å². The van der Waals surface area contributed by atoms with Gasteiger partial charge in [0.2, 0.25) is 0 Å².